The fourth-order valence-electron chi connectivity index (χ4n) is 1.24. The predicted molar refractivity (Wildman–Crippen MR) is 69.5 cm³/mol. The van der Waals surface area contributed by atoms with Crippen molar-refractivity contribution in [3.63, 3.8) is 0 Å². The summed E-state index contributed by atoms with van der Waals surface area (Å²) in [6.07, 6.45) is 0.664. The third kappa shape index (κ3) is 3.87. The number of benzene rings is 1. The standard InChI is InChI=1S/C11H12Cl3NO/c12-6-8(13)7-16-11-3-1-2-10(14)9(11)4-5-15/h1-3,6H,4-5,7,15H2/b8-6-. The molecular formula is C11H12Cl3NO. The van der Waals surface area contributed by atoms with Gasteiger partial charge in [0.15, 0.2) is 0 Å². The van der Waals surface area contributed by atoms with E-state index in [9.17, 15) is 0 Å². The number of hydrogen-bond donors (Lipinski definition) is 1. The van der Waals surface area contributed by atoms with E-state index in [2.05, 4.69) is 0 Å². The van der Waals surface area contributed by atoms with Gasteiger partial charge in [0.1, 0.15) is 12.4 Å². The molecule has 1 aromatic rings. The molecule has 16 heavy (non-hydrogen) atoms. The largest absolute Gasteiger partial charge is 0.488 e. The first-order chi connectivity index (χ1) is 7.69. The van der Waals surface area contributed by atoms with Gasteiger partial charge < -0.3 is 10.5 Å². The Labute approximate surface area is 110 Å². The summed E-state index contributed by atoms with van der Waals surface area (Å²) >= 11 is 17.2. The molecule has 0 aliphatic carbocycles. The van der Waals surface area contributed by atoms with Crippen LogP contribution < -0.4 is 10.5 Å². The zero-order valence-electron chi connectivity index (χ0n) is 8.55. The molecule has 88 valence electrons. The van der Waals surface area contributed by atoms with Crippen LogP contribution in [0.3, 0.4) is 0 Å². The highest BCUT2D eigenvalue weighted by molar-refractivity contribution is 6.36. The van der Waals surface area contributed by atoms with Gasteiger partial charge in [-0.05, 0) is 25.1 Å². The van der Waals surface area contributed by atoms with Gasteiger partial charge in [-0.3, -0.25) is 0 Å². The van der Waals surface area contributed by atoms with Crippen LogP contribution in [-0.2, 0) is 6.42 Å². The molecule has 1 rings (SSSR count). The maximum Gasteiger partial charge on any atom is 0.125 e. The minimum Gasteiger partial charge on any atom is -0.488 e. The molecule has 2 nitrogen and oxygen atoms in total. The molecule has 0 aliphatic rings. The van der Waals surface area contributed by atoms with Gasteiger partial charge in [-0.1, -0.05) is 40.9 Å². The van der Waals surface area contributed by atoms with Crippen LogP contribution in [0.5, 0.6) is 5.75 Å². The van der Waals surface area contributed by atoms with E-state index >= 15 is 0 Å². The SMILES string of the molecule is NCCc1c(Cl)cccc1OC/C(Cl)=C/Cl. The molecule has 1 aromatic carbocycles. The lowest BCUT2D eigenvalue weighted by atomic mass is 10.1. The molecule has 0 spiro atoms. The van der Waals surface area contributed by atoms with Crippen molar-refractivity contribution in [2.75, 3.05) is 13.2 Å². The van der Waals surface area contributed by atoms with E-state index < -0.39 is 0 Å². The van der Waals surface area contributed by atoms with Crippen molar-refractivity contribution in [1.29, 1.82) is 0 Å². The van der Waals surface area contributed by atoms with E-state index in [-0.39, 0.29) is 6.61 Å². The van der Waals surface area contributed by atoms with Crippen molar-refractivity contribution in [2.24, 2.45) is 5.73 Å². The Bertz CT molecular complexity index is 379. The maximum absolute atomic E-state index is 6.05. The van der Waals surface area contributed by atoms with Crippen LogP contribution in [-0.4, -0.2) is 13.2 Å². The van der Waals surface area contributed by atoms with Gasteiger partial charge >= 0.3 is 0 Å². The Morgan fingerprint density at radius 1 is 1.44 bits per heavy atom. The van der Waals surface area contributed by atoms with Crippen molar-refractivity contribution in [3.05, 3.63) is 39.4 Å². The third-order valence-electron chi connectivity index (χ3n) is 1.95. The summed E-state index contributed by atoms with van der Waals surface area (Å²) < 4.78 is 5.50. The number of rotatable bonds is 5. The minimum atomic E-state index is 0.225. The van der Waals surface area contributed by atoms with Crippen molar-refractivity contribution >= 4 is 34.8 Å². The molecule has 0 radical (unpaired) electrons. The van der Waals surface area contributed by atoms with Gasteiger partial charge in [0.05, 0.1) is 5.03 Å². The lowest BCUT2D eigenvalue weighted by Gasteiger charge is -2.11. The second-order valence-corrected chi connectivity index (χ2v) is 4.21. The molecule has 2 N–H and O–H groups in total. The highest BCUT2D eigenvalue weighted by Crippen LogP contribution is 2.27. The van der Waals surface area contributed by atoms with Gasteiger partial charge in [0, 0.05) is 16.1 Å². The molecule has 5 heteroatoms. The van der Waals surface area contributed by atoms with E-state index in [0.717, 1.165) is 5.56 Å². The number of ether oxygens (including phenoxy) is 1. The van der Waals surface area contributed by atoms with Crippen molar-refractivity contribution in [1.82, 2.24) is 0 Å². The van der Waals surface area contributed by atoms with Gasteiger partial charge in [0.2, 0.25) is 0 Å². The third-order valence-corrected chi connectivity index (χ3v) is 2.90. The van der Waals surface area contributed by atoms with E-state index in [0.29, 0.717) is 28.8 Å². The molecule has 0 fully saturated rings. The Hall–Kier alpha value is -0.410. The van der Waals surface area contributed by atoms with E-state index in [4.69, 9.17) is 45.3 Å². The van der Waals surface area contributed by atoms with E-state index in [1.165, 1.54) is 5.54 Å². The molecule has 0 unspecified atom stereocenters. The zero-order chi connectivity index (χ0) is 12.0. The van der Waals surface area contributed by atoms with Gasteiger partial charge in [0.25, 0.3) is 0 Å². The van der Waals surface area contributed by atoms with Gasteiger partial charge in [-0.15, -0.1) is 0 Å². The Morgan fingerprint density at radius 3 is 2.81 bits per heavy atom. The van der Waals surface area contributed by atoms with Crippen LogP contribution in [0.1, 0.15) is 5.56 Å². The average molecular weight is 281 g/mol. The van der Waals surface area contributed by atoms with Gasteiger partial charge in [-0.25, -0.2) is 0 Å². The summed E-state index contributed by atoms with van der Waals surface area (Å²) in [5.74, 6) is 0.689. The first-order valence-corrected chi connectivity index (χ1v) is 5.93. The maximum atomic E-state index is 6.05. The average Bonchev–Trinajstić information content (AvgIpc) is 2.29. The van der Waals surface area contributed by atoms with Crippen molar-refractivity contribution < 1.29 is 4.74 Å². The molecule has 0 saturated carbocycles. The Balaban J connectivity index is 2.82. The molecule has 0 bridgehead atoms. The normalized spacial score (nSPS) is 11.6. The zero-order valence-corrected chi connectivity index (χ0v) is 10.8. The smallest absolute Gasteiger partial charge is 0.125 e. The fraction of sp³-hybridized carbons (Fsp3) is 0.273. The second kappa shape index (κ2) is 7.02. The van der Waals surface area contributed by atoms with Crippen LogP contribution >= 0.6 is 34.8 Å². The summed E-state index contributed by atoms with van der Waals surface area (Å²) in [6, 6.07) is 5.45. The van der Waals surface area contributed by atoms with E-state index in [1.807, 2.05) is 12.1 Å². The molecule has 0 atom stereocenters. The molecule has 0 aliphatic heterocycles. The summed E-state index contributed by atoms with van der Waals surface area (Å²) in [4.78, 5) is 0. The predicted octanol–water partition coefficient (Wildman–Crippen LogP) is 3.54. The topological polar surface area (TPSA) is 35.2 Å². The highest BCUT2D eigenvalue weighted by Gasteiger charge is 2.07. The first-order valence-electron chi connectivity index (χ1n) is 4.74. The summed E-state index contributed by atoms with van der Waals surface area (Å²) in [6.45, 7) is 0.738. The Morgan fingerprint density at radius 2 is 2.19 bits per heavy atom. The molecule has 0 heterocycles. The number of halogens is 3. The van der Waals surface area contributed by atoms with Crippen LogP contribution in [0.15, 0.2) is 28.8 Å². The monoisotopic (exact) mass is 279 g/mol. The number of nitrogens with two attached hydrogens (primary N) is 1. The first kappa shape index (κ1) is 13.7. The minimum absolute atomic E-state index is 0.225. The van der Waals surface area contributed by atoms with E-state index in [1.54, 1.807) is 6.07 Å². The van der Waals surface area contributed by atoms with Gasteiger partial charge in [-0.2, -0.15) is 0 Å². The van der Waals surface area contributed by atoms with Crippen molar-refractivity contribution in [3.8, 4) is 5.75 Å². The van der Waals surface area contributed by atoms with Crippen LogP contribution in [0.25, 0.3) is 0 Å². The Kier molecular flexibility index (Phi) is 5.99. The number of hydrogen-bond acceptors (Lipinski definition) is 2. The lowest BCUT2D eigenvalue weighted by molar-refractivity contribution is 0.355. The van der Waals surface area contributed by atoms with Crippen LogP contribution in [0.4, 0.5) is 0 Å². The lowest BCUT2D eigenvalue weighted by Crippen LogP contribution is -2.06. The fourth-order valence-corrected chi connectivity index (χ4v) is 1.62. The summed E-state index contributed by atoms with van der Waals surface area (Å²) in [5.41, 5.74) is 7.67. The second-order valence-electron chi connectivity index (χ2n) is 3.10. The highest BCUT2D eigenvalue weighted by atomic mass is 35.5. The van der Waals surface area contributed by atoms with Crippen LogP contribution in [0, 0.1) is 0 Å². The van der Waals surface area contributed by atoms with Crippen molar-refractivity contribution in [2.45, 2.75) is 6.42 Å². The van der Waals surface area contributed by atoms with Crippen LogP contribution in [0.2, 0.25) is 5.02 Å². The summed E-state index contributed by atoms with van der Waals surface area (Å²) in [5, 5.41) is 1.08. The summed E-state index contributed by atoms with van der Waals surface area (Å²) in [7, 11) is 0. The molecule has 0 saturated heterocycles. The molecular weight excluding hydrogens is 268 g/mol. The molecule has 0 amide bonds. The quantitative estimate of drug-likeness (QED) is 0.895. The molecule has 0 aromatic heterocycles.